The van der Waals surface area contributed by atoms with Gasteiger partial charge in [0.05, 0.1) is 4.90 Å². The summed E-state index contributed by atoms with van der Waals surface area (Å²) in [6.07, 6.45) is 3.99. The number of halogens is 1. The summed E-state index contributed by atoms with van der Waals surface area (Å²) in [6.45, 7) is 8.73. The normalized spacial score (nSPS) is 20.5. The van der Waals surface area contributed by atoms with Gasteiger partial charge in [-0.15, -0.1) is 24.0 Å². The average Bonchev–Trinajstić information content (AvgIpc) is 2.77. The van der Waals surface area contributed by atoms with Crippen LogP contribution in [0.2, 0.25) is 0 Å². The number of piperidine rings is 2. The number of aliphatic imine (C=N–C) groups is 1. The van der Waals surface area contributed by atoms with Gasteiger partial charge in [0.2, 0.25) is 10.0 Å². The fraction of sp³-hybridized carbons (Fsp3) is 0.682. The highest BCUT2D eigenvalue weighted by Crippen LogP contribution is 2.23. The molecule has 2 saturated heterocycles. The largest absolute Gasteiger partial charge is 0.356 e. The first kappa shape index (κ1) is 26.3. The van der Waals surface area contributed by atoms with Gasteiger partial charge in [0, 0.05) is 51.9 Å². The molecule has 1 aromatic rings. The maximum atomic E-state index is 12.8. The summed E-state index contributed by atoms with van der Waals surface area (Å²) in [5, 5.41) is 7.03. The molecule has 2 N–H and O–H groups in total. The lowest BCUT2D eigenvalue weighted by Crippen LogP contribution is -2.51. The number of guanidine groups is 1. The zero-order valence-corrected chi connectivity index (χ0v) is 22.1. The van der Waals surface area contributed by atoms with E-state index < -0.39 is 10.0 Å². The van der Waals surface area contributed by atoms with E-state index in [2.05, 4.69) is 34.4 Å². The first-order valence-electron chi connectivity index (χ1n) is 11.2. The minimum Gasteiger partial charge on any atom is -0.356 e. The first-order valence-corrected chi connectivity index (χ1v) is 12.6. The quantitative estimate of drug-likeness (QED) is 0.317. The monoisotopic (exact) mass is 563 g/mol. The fourth-order valence-corrected chi connectivity index (χ4v) is 5.78. The van der Waals surface area contributed by atoms with Crippen LogP contribution < -0.4 is 10.6 Å². The number of rotatable bonds is 6. The average molecular weight is 564 g/mol. The number of benzene rings is 1. The van der Waals surface area contributed by atoms with Gasteiger partial charge >= 0.3 is 0 Å². The maximum Gasteiger partial charge on any atom is 0.243 e. The van der Waals surface area contributed by atoms with E-state index in [0.717, 1.165) is 51.3 Å². The third-order valence-corrected chi connectivity index (χ3v) is 8.25. The Labute approximate surface area is 205 Å². The van der Waals surface area contributed by atoms with E-state index in [1.54, 1.807) is 28.6 Å². The second-order valence-electron chi connectivity index (χ2n) is 8.66. The summed E-state index contributed by atoms with van der Waals surface area (Å²) in [5.41, 5.74) is 0. The molecule has 0 unspecified atom stereocenters. The van der Waals surface area contributed by atoms with Crippen LogP contribution in [0.15, 0.2) is 40.2 Å². The summed E-state index contributed by atoms with van der Waals surface area (Å²) in [6, 6.07) is 9.80. The molecule has 3 rings (SSSR count). The molecule has 31 heavy (non-hydrogen) atoms. The smallest absolute Gasteiger partial charge is 0.243 e. The van der Waals surface area contributed by atoms with Crippen molar-refractivity contribution in [3.05, 3.63) is 30.3 Å². The zero-order valence-electron chi connectivity index (χ0n) is 19.0. The highest BCUT2D eigenvalue weighted by Gasteiger charge is 2.29. The summed E-state index contributed by atoms with van der Waals surface area (Å²) >= 11 is 0. The van der Waals surface area contributed by atoms with Crippen molar-refractivity contribution in [2.45, 2.75) is 56.5 Å². The predicted octanol–water partition coefficient (Wildman–Crippen LogP) is 2.74. The molecule has 2 aliphatic rings. The Morgan fingerprint density at radius 3 is 2.23 bits per heavy atom. The van der Waals surface area contributed by atoms with Crippen LogP contribution in [0.3, 0.4) is 0 Å². The highest BCUT2D eigenvalue weighted by molar-refractivity contribution is 14.0. The Morgan fingerprint density at radius 2 is 1.68 bits per heavy atom. The van der Waals surface area contributed by atoms with Crippen LogP contribution in [-0.4, -0.2) is 75.4 Å². The number of sulfonamides is 1. The van der Waals surface area contributed by atoms with Gasteiger partial charge in [0.15, 0.2) is 5.96 Å². The third kappa shape index (κ3) is 7.30. The van der Waals surface area contributed by atoms with E-state index in [4.69, 9.17) is 0 Å². The number of hydrogen-bond acceptors (Lipinski definition) is 4. The van der Waals surface area contributed by atoms with Crippen LogP contribution in [0, 0.1) is 5.92 Å². The summed E-state index contributed by atoms with van der Waals surface area (Å²) in [4.78, 5) is 7.29. The third-order valence-electron chi connectivity index (χ3n) is 6.34. The summed E-state index contributed by atoms with van der Waals surface area (Å²) in [7, 11) is -1.57. The molecule has 0 bridgehead atoms. The minimum absolute atomic E-state index is 0. The molecule has 1 aromatic carbocycles. The van der Waals surface area contributed by atoms with E-state index >= 15 is 0 Å². The van der Waals surface area contributed by atoms with Crippen molar-refractivity contribution in [2.75, 3.05) is 39.8 Å². The van der Waals surface area contributed by atoms with E-state index in [1.807, 2.05) is 13.1 Å². The van der Waals surface area contributed by atoms with Crippen LogP contribution in [0.5, 0.6) is 0 Å². The van der Waals surface area contributed by atoms with Crippen molar-refractivity contribution < 1.29 is 8.42 Å². The Hall–Kier alpha value is -0.910. The second kappa shape index (κ2) is 12.4. The van der Waals surface area contributed by atoms with Gasteiger partial charge in [0.1, 0.15) is 0 Å². The van der Waals surface area contributed by atoms with Crippen molar-refractivity contribution in [1.82, 2.24) is 19.8 Å². The maximum absolute atomic E-state index is 12.8. The lowest BCUT2D eigenvalue weighted by molar-refractivity contribution is 0.167. The summed E-state index contributed by atoms with van der Waals surface area (Å²) < 4.78 is 27.2. The van der Waals surface area contributed by atoms with E-state index in [9.17, 15) is 8.42 Å². The number of nitrogens with zero attached hydrogens (tertiary/aromatic N) is 3. The molecule has 0 aromatic heterocycles. The van der Waals surface area contributed by atoms with Gasteiger partial charge in [-0.25, -0.2) is 8.42 Å². The lowest BCUT2D eigenvalue weighted by Gasteiger charge is -2.35. The Bertz CT molecular complexity index is 787. The molecule has 176 valence electrons. The van der Waals surface area contributed by atoms with Crippen molar-refractivity contribution >= 4 is 40.0 Å². The molecule has 2 heterocycles. The first-order chi connectivity index (χ1) is 14.4. The molecule has 0 amide bonds. The van der Waals surface area contributed by atoms with Gasteiger partial charge in [-0.1, -0.05) is 18.2 Å². The molecule has 7 nitrogen and oxygen atoms in total. The molecule has 9 heteroatoms. The highest BCUT2D eigenvalue weighted by atomic mass is 127. The molecular weight excluding hydrogens is 525 g/mol. The molecule has 0 saturated carbocycles. The van der Waals surface area contributed by atoms with Gasteiger partial charge < -0.3 is 15.5 Å². The lowest BCUT2D eigenvalue weighted by atomic mass is 9.98. The van der Waals surface area contributed by atoms with Gasteiger partial charge in [-0.3, -0.25) is 4.99 Å². The van der Waals surface area contributed by atoms with Crippen LogP contribution in [0.1, 0.15) is 39.5 Å². The van der Waals surface area contributed by atoms with Crippen LogP contribution >= 0.6 is 24.0 Å². The van der Waals surface area contributed by atoms with E-state index in [1.165, 1.54) is 0 Å². The Morgan fingerprint density at radius 1 is 1.06 bits per heavy atom. The van der Waals surface area contributed by atoms with Crippen molar-refractivity contribution in [2.24, 2.45) is 10.9 Å². The molecule has 0 atom stereocenters. The fourth-order valence-electron chi connectivity index (χ4n) is 4.28. The standard InChI is InChI=1S/C22H37N5O2S.HI/c1-18(2)26-13-11-20(12-14-26)25-22(23-3)24-17-19-9-15-27(16-10-19)30(28,29)21-7-5-4-6-8-21;/h4-8,18-20H,9-17H2,1-3H3,(H2,23,24,25);1H. The number of nitrogens with one attached hydrogen (secondary N) is 2. The van der Waals surface area contributed by atoms with Crippen molar-refractivity contribution in [3.8, 4) is 0 Å². The van der Waals surface area contributed by atoms with Gasteiger partial charge in [-0.2, -0.15) is 4.31 Å². The van der Waals surface area contributed by atoms with Crippen LogP contribution in [0.4, 0.5) is 0 Å². The van der Waals surface area contributed by atoms with E-state index in [-0.39, 0.29) is 24.0 Å². The van der Waals surface area contributed by atoms with Crippen molar-refractivity contribution in [3.63, 3.8) is 0 Å². The van der Waals surface area contributed by atoms with Gasteiger partial charge in [0.25, 0.3) is 0 Å². The summed E-state index contributed by atoms with van der Waals surface area (Å²) in [5.74, 6) is 1.31. The van der Waals surface area contributed by atoms with E-state index in [0.29, 0.717) is 36.0 Å². The SMILES string of the molecule is CN=C(NCC1CCN(S(=O)(=O)c2ccccc2)CC1)NC1CCN(C(C)C)CC1.I. The predicted molar refractivity (Wildman–Crippen MR) is 138 cm³/mol. The Kier molecular flexibility index (Phi) is 10.5. The van der Waals surface area contributed by atoms with Crippen molar-refractivity contribution in [1.29, 1.82) is 0 Å². The molecule has 2 aliphatic heterocycles. The van der Waals surface area contributed by atoms with Gasteiger partial charge in [-0.05, 0) is 57.6 Å². The second-order valence-corrected chi connectivity index (χ2v) is 10.6. The molecule has 0 radical (unpaired) electrons. The molecule has 0 spiro atoms. The Balaban J connectivity index is 0.00000341. The molecular formula is C22H38IN5O2S. The topological polar surface area (TPSA) is 77.0 Å². The molecule has 2 fully saturated rings. The molecule has 0 aliphatic carbocycles. The minimum atomic E-state index is -3.38. The zero-order chi connectivity index (χ0) is 21.6. The van der Waals surface area contributed by atoms with Crippen LogP contribution in [0.25, 0.3) is 0 Å². The number of hydrogen-bond donors (Lipinski definition) is 2. The number of likely N-dealkylation sites (tertiary alicyclic amines) is 1. The van der Waals surface area contributed by atoms with Crippen LogP contribution in [-0.2, 0) is 10.0 Å².